The number of nitrogens with one attached hydrogen (secondary N) is 1. The average Bonchev–Trinajstić information content (AvgIpc) is 2.38. The number of rotatable bonds is 4. The third-order valence-electron chi connectivity index (χ3n) is 4.30. The van der Waals surface area contributed by atoms with Crippen molar-refractivity contribution < 1.29 is 12.8 Å². The summed E-state index contributed by atoms with van der Waals surface area (Å²) in [5, 5.41) is 2.96. The lowest BCUT2D eigenvalue weighted by Crippen LogP contribution is -2.34. The van der Waals surface area contributed by atoms with Crippen LogP contribution in [0, 0.1) is 11.7 Å². The van der Waals surface area contributed by atoms with E-state index < -0.39 is 9.84 Å². The second-order valence-electron chi connectivity index (χ2n) is 5.85. The summed E-state index contributed by atoms with van der Waals surface area (Å²) >= 11 is 3.31. The average molecular weight is 378 g/mol. The first-order chi connectivity index (χ1) is 9.81. The van der Waals surface area contributed by atoms with Crippen LogP contribution in [0.2, 0.25) is 0 Å². The smallest absolute Gasteiger partial charge is 0.150 e. The molecule has 1 N–H and O–H groups in total. The lowest BCUT2D eigenvalue weighted by molar-refractivity contribution is 0.282. The SMILES string of the molecule is CNC(c1cc(F)cc(Br)c1)C1CCCC(S(C)(=O)=O)C1. The second-order valence-corrected chi connectivity index (χ2v) is 9.09. The first kappa shape index (κ1) is 16.9. The molecule has 0 aromatic heterocycles. The number of halogens is 2. The van der Waals surface area contributed by atoms with E-state index in [1.165, 1.54) is 18.4 Å². The predicted molar refractivity (Wildman–Crippen MR) is 86.5 cm³/mol. The molecule has 1 saturated carbocycles. The molecular weight excluding hydrogens is 357 g/mol. The third-order valence-corrected chi connectivity index (χ3v) is 6.40. The van der Waals surface area contributed by atoms with Gasteiger partial charge in [0.25, 0.3) is 0 Å². The van der Waals surface area contributed by atoms with Crippen molar-refractivity contribution in [3.63, 3.8) is 0 Å². The van der Waals surface area contributed by atoms with Crippen LogP contribution in [0.15, 0.2) is 22.7 Å². The fourth-order valence-corrected chi connectivity index (χ4v) is 4.98. The Balaban J connectivity index is 2.24. The molecule has 118 valence electrons. The number of hydrogen-bond acceptors (Lipinski definition) is 3. The molecule has 2 rings (SSSR count). The summed E-state index contributed by atoms with van der Waals surface area (Å²) in [6.07, 6.45) is 4.55. The Morgan fingerprint density at radius 3 is 2.62 bits per heavy atom. The highest BCUT2D eigenvalue weighted by molar-refractivity contribution is 9.10. The molecule has 1 aromatic rings. The van der Waals surface area contributed by atoms with Gasteiger partial charge in [0, 0.05) is 16.8 Å². The summed E-state index contributed by atoms with van der Waals surface area (Å²) in [6.45, 7) is 0. The van der Waals surface area contributed by atoms with Crippen LogP contribution >= 0.6 is 15.9 Å². The molecule has 1 aliphatic carbocycles. The largest absolute Gasteiger partial charge is 0.313 e. The molecule has 0 saturated heterocycles. The van der Waals surface area contributed by atoms with Gasteiger partial charge in [-0.15, -0.1) is 0 Å². The minimum absolute atomic E-state index is 0.0263. The lowest BCUT2D eigenvalue weighted by atomic mass is 9.81. The molecule has 3 unspecified atom stereocenters. The van der Waals surface area contributed by atoms with Crippen LogP contribution in [0.25, 0.3) is 0 Å². The number of sulfone groups is 1. The van der Waals surface area contributed by atoms with Crippen LogP contribution < -0.4 is 5.32 Å². The van der Waals surface area contributed by atoms with Crippen LogP contribution in [0.5, 0.6) is 0 Å². The zero-order chi connectivity index (χ0) is 15.6. The van der Waals surface area contributed by atoms with E-state index in [-0.39, 0.29) is 23.0 Å². The van der Waals surface area contributed by atoms with Crippen LogP contribution in [-0.4, -0.2) is 27.0 Å². The van der Waals surface area contributed by atoms with Gasteiger partial charge in [-0.2, -0.15) is 0 Å². The van der Waals surface area contributed by atoms with Gasteiger partial charge in [-0.25, -0.2) is 12.8 Å². The topological polar surface area (TPSA) is 46.2 Å². The molecule has 1 fully saturated rings. The maximum atomic E-state index is 13.6. The van der Waals surface area contributed by atoms with E-state index in [4.69, 9.17) is 0 Å². The van der Waals surface area contributed by atoms with Gasteiger partial charge in [0.1, 0.15) is 15.7 Å². The van der Waals surface area contributed by atoms with Crippen molar-refractivity contribution in [2.24, 2.45) is 5.92 Å². The Morgan fingerprint density at radius 2 is 2.05 bits per heavy atom. The van der Waals surface area contributed by atoms with Crippen molar-refractivity contribution in [3.8, 4) is 0 Å². The van der Waals surface area contributed by atoms with E-state index in [9.17, 15) is 12.8 Å². The zero-order valence-corrected chi connectivity index (χ0v) is 14.7. The molecule has 0 amide bonds. The Bertz CT molecular complexity index is 585. The highest BCUT2D eigenvalue weighted by Gasteiger charge is 2.33. The van der Waals surface area contributed by atoms with Crippen LogP contribution in [0.3, 0.4) is 0 Å². The summed E-state index contributed by atoms with van der Waals surface area (Å²) in [5.74, 6) is -0.0766. The van der Waals surface area contributed by atoms with Crippen molar-refractivity contribution in [1.82, 2.24) is 5.32 Å². The molecule has 0 heterocycles. The standard InChI is InChI=1S/C15H21BrFNO2S/c1-18-15(11-6-12(16)9-13(17)7-11)10-4-3-5-14(8-10)21(2,19)20/h6-7,9-10,14-15,18H,3-5,8H2,1-2H3. The van der Waals surface area contributed by atoms with Gasteiger partial charge in [-0.3, -0.25) is 0 Å². The molecular formula is C15H21BrFNO2S. The summed E-state index contributed by atoms with van der Waals surface area (Å²) in [6, 6.07) is 4.82. The maximum Gasteiger partial charge on any atom is 0.150 e. The molecule has 1 aromatic carbocycles. The minimum Gasteiger partial charge on any atom is -0.313 e. The third kappa shape index (κ3) is 4.27. The molecule has 0 bridgehead atoms. The van der Waals surface area contributed by atoms with Gasteiger partial charge in [0.05, 0.1) is 5.25 Å². The first-order valence-corrected chi connectivity index (χ1v) is 9.88. The quantitative estimate of drug-likeness (QED) is 0.873. The van der Waals surface area contributed by atoms with Crippen molar-refractivity contribution in [1.29, 1.82) is 0 Å². The van der Waals surface area contributed by atoms with Crippen LogP contribution in [0.1, 0.15) is 37.3 Å². The Morgan fingerprint density at radius 1 is 1.33 bits per heavy atom. The molecule has 0 radical (unpaired) electrons. The van der Waals surface area contributed by atoms with E-state index in [1.54, 1.807) is 0 Å². The lowest BCUT2D eigenvalue weighted by Gasteiger charge is -2.34. The van der Waals surface area contributed by atoms with Crippen molar-refractivity contribution >= 4 is 25.8 Å². The number of hydrogen-bond donors (Lipinski definition) is 1. The Labute approximate surface area is 134 Å². The van der Waals surface area contributed by atoms with E-state index in [1.807, 2.05) is 13.1 Å². The van der Waals surface area contributed by atoms with Crippen LogP contribution in [0.4, 0.5) is 4.39 Å². The summed E-state index contributed by atoms with van der Waals surface area (Å²) in [7, 11) is -1.17. The zero-order valence-electron chi connectivity index (χ0n) is 12.3. The Kier molecular flexibility index (Phi) is 5.43. The predicted octanol–water partition coefficient (Wildman–Crippen LogP) is 3.45. The van der Waals surface area contributed by atoms with Gasteiger partial charge in [0.2, 0.25) is 0 Å². The molecule has 1 aliphatic rings. The first-order valence-electron chi connectivity index (χ1n) is 7.13. The molecule has 21 heavy (non-hydrogen) atoms. The second kappa shape index (κ2) is 6.75. The summed E-state index contributed by atoms with van der Waals surface area (Å²) < 4.78 is 37.9. The molecule has 0 spiro atoms. The highest BCUT2D eigenvalue weighted by Crippen LogP contribution is 2.37. The monoisotopic (exact) mass is 377 g/mol. The molecule has 0 aliphatic heterocycles. The van der Waals surface area contributed by atoms with Gasteiger partial charge in [0.15, 0.2) is 0 Å². The summed E-state index contributed by atoms with van der Waals surface area (Å²) in [4.78, 5) is 0. The van der Waals surface area contributed by atoms with Gasteiger partial charge in [-0.05, 0) is 56.0 Å². The van der Waals surface area contributed by atoms with Gasteiger partial charge < -0.3 is 5.32 Å². The van der Waals surface area contributed by atoms with Crippen molar-refractivity contribution in [3.05, 3.63) is 34.1 Å². The van der Waals surface area contributed by atoms with Crippen LogP contribution in [-0.2, 0) is 9.84 Å². The van der Waals surface area contributed by atoms with E-state index in [0.29, 0.717) is 10.9 Å². The molecule has 6 heteroatoms. The molecule has 3 nitrogen and oxygen atoms in total. The fraction of sp³-hybridized carbons (Fsp3) is 0.600. The van der Waals surface area contributed by atoms with E-state index in [0.717, 1.165) is 24.8 Å². The van der Waals surface area contributed by atoms with Crippen molar-refractivity contribution in [2.45, 2.75) is 37.0 Å². The van der Waals surface area contributed by atoms with Gasteiger partial charge in [-0.1, -0.05) is 22.4 Å². The van der Waals surface area contributed by atoms with Gasteiger partial charge >= 0.3 is 0 Å². The maximum absolute atomic E-state index is 13.6. The van der Waals surface area contributed by atoms with E-state index >= 15 is 0 Å². The number of benzene rings is 1. The highest BCUT2D eigenvalue weighted by atomic mass is 79.9. The summed E-state index contributed by atoms with van der Waals surface area (Å²) in [5.41, 5.74) is 0.864. The molecule has 3 atom stereocenters. The van der Waals surface area contributed by atoms with E-state index in [2.05, 4.69) is 21.2 Å². The normalized spacial score (nSPS) is 24.8. The minimum atomic E-state index is -3.01. The van der Waals surface area contributed by atoms with Crippen molar-refractivity contribution in [2.75, 3.05) is 13.3 Å². The fourth-order valence-electron chi connectivity index (χ4n) is 3.30. The Hall–Kier alpha value is -0.460.